The van der Waals surface area contributed by atoms with Crippen molar-refractivity contribution in [2.45, 2.75) is 6.54 Å². The minimum Gasteiger partial charge on any atom is -0.360 e. The van der Waals surface area contributed by atoms with Gasteiger partial charge >= 0.3 is 0 Å². The largest absolute Gasteiger partial charge is 0.360 e. The number of hydrogen-bond acceptors (Lipinski definition) is 2. The molecule has 11 heavy (non-hydrogen) atoms. The predicted octanol–water partition coefficient (Wildman–Crippen LogP) is 1.95. The number of fused-ring (bicyclic) bond motifs is 1. The van der Waals surface area contributed by atoms with Gasteiger partial charge in [-0.2, -0.15) is 0 Å². The number of aromatic amines is 1. The van der Waals surface area contributed by atoms with Gasteiger partial charge in [-0.05, 0) is 19.2 Å². The summed E-state index contributed by atoms with van der Waals surface area (Å²) < 4.78 is 1.34. The smallest absolute Gasteiger partial charge is 0.0566 e. The number of H-pyrrole nitrogens is 1. The van der Waals surface area contributed by atoms with Crippen LogP contribution in [-0.2, 0) is 6.54 Å². The molecule has 0 saturated carbocycles. The number of hydrogen-bond donors (Lipinski definition) is 2. The average molecular weight is 166 g/mol. The molecule has 0 aliphatic rings. The minimum atomic E-state index is 0.965. The highest BCUT2D eigenvalue weighted by Crippen LogP contribution is 2.23. The van der Waals surface area contributed by atoms with Gasteiger partial charge in [0.2, 0.25) is 0 Å². The van der Waals surface area contributed by atoms with E-state index in [0.717, 1.165) is 6.54 Å². The van der Waals surface area contributed by atoms with Crippen molar-refractivity contribution in [1.82, 2.24) is 10.3 Å². The fraction of sp³-hybridized carbons (Fsp3) is 0.250. The second-order valence-corrected chi connectivity index (χ2v) is 3.67. The Labute approximate surface area is 69.2 Å². The monoisotopic (exact) mass is 166 g/mol. The molecule has 0 atom stereocenters. The molecule has 2 N–H and O–H groups in total. The van der Waals surface area contributed by atoms with Crippen LogP contribution in [0.3, 0.4) is 0 Å². The Morgan fingerprint density at radius 2 is 2.55 bits per heavy atom. The van der Waals surface area contributed by atoms with Gasteiger partial charge in [0, 0.05) is 17.6 Å². The molecule has 0 aromatic carbocycles. The first-order valence-electron chi connectivity index (χ1n) is 3.60. The summed E-state index contributed by atoms with van der Waals surface area (Å²) in [5.74, 6) is 0. The molecule has 2 heterocycles. The Morgan fingerprint density at radius 3 is 3.27 bits per heavy atom. The maximum absolute atomic E-state index is 3.18. The zero-order valence-electron chi connectivity index (χ0n) is 6.35. The van der Waals surface area contributed by atoms with Crippen molar-refractivity contribution in [2.24, 2.45) is 0 Å². The topological polar surface area (TPSA) is 27.8 Å². The first kappa shape index (κ1) is 6.88. The molecule has 3 heteroatoms. The molecule has 0 radical (unpaired) electrons. The van der Waals surface area contributed by atoms with E-state index in [9.17, 15) is 0 Å². The molecular weight excluding hydrogens is 156 g/mol. The lowest BCUT2D eigenvalue weighted by Crippen LogP contribution is -2.02. The standard InChI is InChI=1S/C8H10N2S/c1-9-5-6-4-7-8(11-6)2-3-10-7/h2-4,9-10H,5H2,1H3. The molecule has 2 rings (SSSR count). The van der Waals surface area contributed by atoms with Gasteiger partial charge < -0.3 is 10.3 Å². The zero-order valence-corrected chi connectivity index (χ0v) is 7.16. The third kappa shape index (κ3) is 1.17. The van der Waals surface area contributed by atoms with E-state index in [1.807, 2.05) is 24.6 Å². The van der Waals surface area contributed by atoms with Gasteiger partial charge in [-0.1, -0.05) is 0 Å². The normalized spacial score (nSPS) is 11.0. The molecule has 0 bridgehead atoms. The van der Waals surface area contributed by atoms with Gasteiger partial charge in [-0.25, -0.2) is 0 Å². The molecule has 58 valence electrons. The Morgan fingerprint density at radius 1 is 1.64 bits per heavy atom. The summed E-state index contributed by atoms with van der Waals surface area (Å²) in [6.45, 7) is 0.965. The van der Waals surface area contributed by atoms with E-state index in [4.69, 9.17) is 0 Å². The average Bonchev–Trinajstić information content (AvgIpc) is 2.46. The number of nitrogens with one attached hydrogen (secondary N) is 2. The van der Waals surface area contributed by atoms with Crippen molar-refractivity contribution in [1.29, 1.82) is 0 Å². The van der Waals surface area contributed by atoms with E-state index in [2.05, 4.69) is 22.4 Å². The fourth-order valence-electron chi connectivity index (χ4n) is 1.16. The molecular formula is C8H10N2S. The summed E-state index contributed by atoms with van der Waals surface area (Å²) in [5, 5.41) is 3.13. The van der Waals surface area contributed by atoms with Gasteiger partial charge in [0.25, 0.3) is 0 Å². The summed E-state index contributed by atoms with van der Waals surface area (Å²) in [7, 11) is 1.97. The molecule has 0 unspecified atom stereocenters. The Balaban J connectivity index is 2.42. The number of aromatic nitrogens is 1. The molecule has 0 aliphatic heterocycles. The Kier molecular flexibility index (Phi) is 1.68. The lowest BCUT2D eigenvalue weighted by Gasteiger charge is -1.90. The lowest BCUT2D eigenvalue weighted by molar-refractivity contribution is 0.832. The highest BCUT2D eigenvalue weighted by molar-refractivity contribution is 7.19. The van der Waals surface area contributed by atoms with E-state index in [1.165, 1.54) is 15.1 Å². The summed E-state index contributed by atoms with van der Waals surface area (Å²) >= 11 is 1.83. The summed E-state index contributed by atoms with van der Waals surface area (Å²) in [6.07, 6.45) is 1.98. The van der Waals surface area contributed by atoms with Crippen molar-refractivity contribution in [3.63, 3.8) is 0 Å². The van der Waals surface area contributed by atoms with E-state index in [0.29, 0.717) is 0 Å². The van der Waals surface area contributed by atoms with Crippen molar-refractivity contribution >= 4 is 21.6 Å². The molecule has 2 nitrogen and oxygen atoms in total. The van der Waals surface area contributed by atoms with Crippen molar-refractivity contribution in [3.8, 4) is 0 Å². The van der Waals surface area contributed by atoms with E-state index in [1.54, 1.807) is 0 Å². The van der Waals surface area contributed by atoms with Crippen molar-refractivity contribution < 1.29 is 0 Å². The van der Waals surface area contributed by atoms with Crippen LogP contribution in [0.5, 0.6) is 0 Å². The quantitative estimate of drug-likeness (QED) is 0.701. The van der Waals surface area contributed by atoms with Crippen molar-refractivity contribution in [3.05, 3.63) is 23.2 Å². The van der Waals surface area contributed by atoms with E-state index in [-0.39, 0.29) is 0 Å². The maximum Gasteiger partial charge on any atom is 0.0566 e. The molecule has 2 aromatic heterocycles. The van der Waals surface area contributed by atoms with Crippen LogP contribution in [-0.4, -0.2) is 12.0 Å². The van der Waals surface area contributed by atoms with Crippen LogP contribution in [0, 0.1) is 0 Å². The summed E-state index contributed by atoms with van der Waals surface area (Å²) in [5.41, 5.74) is 1.25. The van der Waals surface area contributed by atoms with E-state index < -0.39 is 0 Å². The third-order valence-corrected chi connectivity index (χ3v) is 2.74. The Hall–Kier alpha value is -0.800. The minimum absolute atomic E-state index is 0.965. The van der Waals surface area contributed by atoms with Gasteiger partial charge in [-0.15, -0.1) is 11.3 Å². The molecule has 2 aromatic rings. The van der Waals surface area contributed by atoms with Gasteiger partial charge in [0.15, 0.2) is 0 Å². The lowest BCUT2D eigenvalue weighted by atomic mass is 10.4. The molecule has 0 saturated heterocycles. The summed E-state index contributed by atoms with van der Waals surface area (Å²) in [4.78, 5) is 4.56. The predicted molar refractivity (Wildman–Crippen MR) is 48.9 cm³/mol. The maximum atomic E-state index is 3.18. The second-order valence-electron chi connectivity index (χ2n) is 2.50. The zero-order chi connectivity index (χ0) is 7.68. The van der Waals surface area contributed by atoms with Crippen LogP contribution < -0.4 is 5.32 Å². The molecule has 0 fully saturated rings. The van der Waals surface area contributed by atoms with Crippen LogP contribution in [0.25, 0.3) is 10.2 Å². The van der Waals surface area contributed by atoms with Crippen LogP contribution >= 0.6 is 11.3 Å². The van der Waals surface area contributed by atoms with Crippen molar-refractivity contribution in [2.75, 3.05) is 7.05 Å². The fourth-order valence-corrected chi connectivity index (χ4v) is 2.20. The highest BCUT2D eigenvalue weighted by atomic mass is 32.1. The van der Waals surface area contributed by atoms with Gasteiger partial charge in [0.05, 0.1) is 10.2 Å². The second kappa shape index (κ2) is 2.68. The highest BCUT2D eigenvalue weighted by Gasteiger charge is 1.99. The van der Waals surface area contributed by atoms with Crippen LogP contribution in [0.15, 0.2) is 18.3 Å². The first-order valence-corrected chi connectivity index (χ1v) is 4.42. The first-order chi connectivity index (χ1) is 5.40. The molecule has 0 amide bonds. The summed E-state index contributed by atoms with van der Waals surface area (Å²) in [6, 6.07) is 4.30. The number of rotatable bonds is 2. The molecule has 0 aliphatic carbocycles. The SMILES string of the molecule is CNCc1cc2[nH]ccc2s1. The van der Waals surface area contributed by atoms with Crippen LogP contribution in [0.1, 0.15) is 4.88 Å². The number of thiophene rings is 1. The van der Waals surface area contributed by atoms with Crippen LogP contribution in [0.2, 0.25) is 0 Å². The van der Waals surface area contributed by atoms with E-state index >= 15 is 0 Å². The Bertz CT molecular complexity index is 319. The third-order valence-electron chi connectivity index (χ3n) is 1.64. The van der Waals surface area contributed by atoms with Gasteiger partial charge in [0.1, 0.15) is 0 Å². The van der Waals surface area contributed by atoms with Gasteiger partial charge in [-0.3, -0.25) is 0 Å². The van der Waals surface area contributed by atoms with Crippen LogP contribution in [0.4, 0.5) is 0 Å². The molecule has 0 spiro atoms.